The molecular weight excluding hydrogens is 234 g/mol. The number of nitrogens with zero attached hydrogens (tertiary/aromatic N) is 2. The van der Waals surface area contributed by atoms with E-state index in [1.54, 1.807) is 5.57 Å². The highest BCUT2D eigenvalue weighted by molar-refractivity contribution is 5.05. The smallest absolute Gasteiger partial charge is 0.0762 e. The second-order valence-electron chi connectivity index (χ2n) is 5.58. The molecule has 0 bridgehead atoms. The highest BCUT2D eigenvalue weighted by Gasteiger charge is 2.05. The van der Waals surface area contributed by atoms with E-state index in [9.17, 15) is 0 Å². The van der Waals surface area contributed by atoms with Gasteiger partial charge in [0.1, 0.15) is 0 Å². The van der Waals surface area contributed by atoms with Crippen LogP contribution in [0.4, 0.5) is 0 Å². The van der Waals surface area contributed by atoms with Gasteiger partial charge < -0.3 is 5.32 Å². The summed E-state index contributed by atoms with van der Waals surface area (Å²) < 4.78 is 2.07. The highest BCUT2D eigenvalue weighted by atomic mass is 15.3. The third-order valence-corrected chi connectivity index (χ3v) is 4.02. The Morgan fingerprint density at radius 2 is 2.32 bits per heavy atom. The van der Waals surface area contributed by atoms with Crippen molar-refractivity contribution in [3.05, 3.63) is 29.6 Å². The monoisotopic (exact) mass is 261 g/mol. The molecule has 0 radical (unpaired) electrons. The maximum Gasteiger partial charge on any atom is 0.0762 e. The Morgan fingerprint density at radius 1 is 1.42 bits per heavy atom. The summed E-state index contributed by atoms with van der Waals surface area (Å²) in [4.78, 5) is 0. The maximum absolute atomic E-state index is 4.60. The first-order chi connectivity index (χ1) is 9.29. The fourth-order valence-corrected chi connectivity index (χ4v) is 2.50. The summed E-state index contributed by atoms with van der Waals surface area (Å²) in [5.74, 6) is 0. The lowest BCUT2D eigenvalue weighted by atomic mass is 9.97. The van der Waals surface area contributed by atoms with Crippen LogP contribution >= 0.6 is 0 Å². The van der Waals surface area contributed by atoms with Crippen LogP contribution in [0.2, 0.25) is 0 Å². The van der Waals surface area contributed by atoms with Crippen molar-refractivity contribution in [2.45, 2.75) is 65.0 Å². The summed E-state index contributed by atoms with van der Waals surface area (Å²) in [5.41, 5.74) is 2.79. The van der Waals surface area contributed by atoms with Gasteiger partial charge in [-0.05, 0) is 58.1 Å². The SMILES string of the molecule is CCC(C)n1ccc(CNCCC2=CCCCC2)n1. The van der Waals surface area contributed by atoms with E-state index in [0.29, 0.717) is 6.04 Å². The van der Waals surface area contributed by atoms with Crippen molar-refractivity contribution in [1.29, 1.82) is 0 Å². The minimum Gasteiger partial charge on any atom is -0.311 e. The molecule has 0 aromatic carbocycles. The van der Waals surface area contributed by atoms with Gasteiger partial charge in [-0.15, -0.1) is 0 Å². The van der Waals surface area contributed by atoms with Crippen molar-refractivity contribution in [2.24, 2.45) is 0 Å². The number of nitrogens with one attached hydrogen (secondary N) is 1. The standard InChI is InChI=1S/C16H27N3/c1-3-14(2)19-12-10-16(18-19)13-17-11-9-15-7-5-4-6-8-15/h7,10,12,14,17H,3-6,8-9,11,13H2,1-2H3. The van der Waals surface area contributed by atoms with Crippen LogP contribution in [-0.4, -0.2) is 16.3 Å². The van der Waals surface area contributed by atoms with Gasteiger partial charge in [-0.25, -0.2) is 0 Å². The molecule has 3 nitrogen and oxygen atoms in total. The summed E-state index contributed by atoms with van der Waals surface area (Å²) in [6, 6.07) is 2.63. The summed E-state index contributed by atoms with van der Waals surface area (Å²) >= 11 is 0. The normalized spacial score (nSPS) is 17.3. The predicted molar refractivity (Wildman–Crippen MR) is 80.1 cm³/mol. The van der Waals surface area contributed by atoms with Gasteiger partial charge in [-0.1, -0.05) is 18.6 Å². The molecule has 0 saturated carbocycles. The number of hydrogen-bond acceptors (Lipinski definition) is 2. The van der Waals surface area contributed by atoms with E-state index >= 15 is 0 Å². The van der Waals surface area contributed by atoms with Crippen molar-refractivity contribution in [3.8, 4) is 0 Å². The van der Waals surface area contributed by atoms with Gasteiger partial charge in [0.05, 0.1) is 5.69 Å². The zero-order valence-electron chi connectivity index (χ0n) is 12.4. The molecule has 106 valence electrons. The molecule has 1 aliphatic carbocycles. The van der Waals surface area contributed by atoms with Gasteiger partial charge in [0.25, 0.3) is 0 Å². The number of rotatable bonds is 7. The van der Waals surface area contributed by atoms with Gasteiger partial charge in [-0.2, -0.15) is 5.10 Å². The summed E-state index contributed by atoms with van der Waals surface area (Å²) in [6.45, 7) is 6.36. The lowest BCUT2D eigenvalue weighted by Gasteiger charge is -2.12. The molecule has 1 N–H and O–H groups in total. The van der Waals surface area contributed by atoms with Crippen LogP contribution in [0.5, 0.6) is 0 Å². The van der Waals surface area contributed by atoms with E-state index in [2.05, 4.69) is 47.3 Å². The number of hydrogen-bond donors (Lipinski definition) is 1. The first-order valence-corrected chi connectivity index (χ1v) is 7.72. The molecule has 1 aromatic heterocycles. The van der Waals surface area contributed by atoms with Crippen LogP contribution in [0.25, 0.3) is 0 Å². The maximum atomic E-state index is 4.60. The van der Waals surface area contributed by atoms with Gasteiger partial charge in [-0.3, -0.25) is 4.68 Å². The van der Waals surface area contributed by atoms with Crippen LogP contribution in [0, 0.1) is 0 Å². The van der Waals surface area contributed by atoms with E-state index in [1.807, 2.05) is 0 Å². The molecule has 1 atom stereocenters. The zero-order chi connectivity index (χ0) is 13.5. The van der Waals surface area contributed by atoms with Crippen molar-refractivity contribution in [3.63, 3.8) is 0 Å². The van der Waals surface area contributed by atoms with Gasteiger partial charge in [0.15, 0.2) is 0 Å². The van der Waals surface area contributed by atoms with E-state index in [0.717, 1.165) is 25.2 Å². The average Bonchev–Trinajstić information content (AvgIpc) is 2.93. The van der Waals surface area contributed by atoms with E-state index in [1.165, 1.54) is 32.1 Å². The lowest BCUT2D eigenvalue weighted by molar-refractivity contribution is 0.471. The zero-order valence-corrected chi connectivity index (χ0v) is 12.4. The average molecular weight is 261 g/mol. The first kappa shape index (κ1) is 14.3. The highest BCUT2D eigenvalue weighted by Crippen LogP contribution is 2.19. The van der Waals surface area contributed by atoms with Crippen molar-refractivity contribution < 1.29 is 0 Å². The Hall–Kier alpha value is -1.09. The van der Waals surface area contributed by atoms with E-state index in [4.69, 9.17) is 0 Å². The van der Waals surface area contributed by atoms with Gasteiger partial charge in [0, 0.05) is 18.8 Å². The molecule has 1 aliphatic rings. The topological polar surface area (TPSA) is 29.9 Å². The first-order valence-electron chi connectivity index (χ1n) is 7.72. The minimum absolute atomic E-state index is 0.501. The fraction of sp³-hybridized carbons (Fsp3) is 0.688. The van der Waals surface area contributed by atoms with Crippen molar-refractivity contribution >= 4 is 0 Å². The molecule has 0 fully saturated rings. The Labute approximate surface area is 117 Å². The van der Waals surface area contributed by atoms with Gasteiger partial charge >= 0.3 is 0 Å². The summed E-state index contributed by atoms with van der Waals surface area (Å²) in [5, 5.41) is 8.11. The molecule has 1 heterocycles. The molecule has 0 aliphatic heterocycles. The van der Waals surface area contributed by atoms with Crippen LogP contribution in [0.1, 0.15) is 64.1 Å². The second-order valence-corrected chi connectivity index (χ2v) is 5.58. The molecule has 0 amide bonds. The fourth-order valence-electron chi connectivity index (χ4n) is 2.50. The molecule has 0 saturated heterocycles. The quantitative estimate of drug-likeness (QED) is 0.597. The summed E-state index contributed by atoms with van der Waals surface area (Å²) in [6.07, 6.45) is 12.2. The molecular formula is C16H27N3. The molecule has 1 unspecified atom stereocenters. The second kappa shape index (κ2) is 7.49. The number of aromatic nitrogens is 2. The van der Waals surface area contributed by atoms with Crippen LogP contribution < -0.4 is 5.32 Å². The van der Waals surface area contributed by atoms with E-state index < -0.39 is 0 Å². The Bertz CT molecular complexity index is 406. The minimum atomic E-state index is 0.501. The molecule has 0 spiro atoms. The van der Waals surface area contributed by atoms with Crippen LogP contribution in [-0.2, 0) is 6.54 Å². The molecule has 3 heteroatoms. The van der Waals surface area contributed by atoms with Crippen LogP contribution in [0.3, 0.4) is 0 Å². The Kier molecular flexibility index (Phi) is 5.64. The summed E-state index contributed by atoms with van der Waals surface area (Å²) in [7, 11) is 0. The van der Waals surface area contributed by atoms with E-state index in [-0.39, 0.29) is 0 Å². The van der Waals surface area contributed by atoms with Crippen LogP contribution in [0.15, 0.2) is 23.9 Å². The molecule has 19 heavy (non-hydrogen) atoms. The molecule has 2 rings (SSSR count). The third-order valence-electron chi connectivity index (χ3n) is 4.02. The third kappa shape index (κ3) is 4.50. The Balaban J connectivity index is 1.68. The van der Waals surface area contributed by atoms with Gasteiger partial charge in [0.2, 0.25) is 0 Å². The number of allylic oxidation sites excluding steroid dienone is 1. The Morgan fingerprint density at radius 3 is 3.05 bits per heavy atom. The predicted octanol–water partition coefficient (Wildman–Crippen LogP) is 3.83. The lowest BCUT2D eigenvalue weighted by Crippen LogP contribution is -2.16. The van der Waals surface area contributed by atoms with Crippen molar-refractivity contribution in [2.75, 3.05) is 6.54 Å². The molecule has 1 aromatic rings. The van der Waals surface area contributed by atoms with Crippen molar-refractivity contribution in [1.82, 2.24) is 15.1 Å². The largest absolute Gasteiger partial charge is 0.311 e.